The van der Waals surface area contributed by atoms with E-state index < -0.39 is 0 Å². The van der Waals surface area contributed by atoms with Gasteiger partial charge in [-0.2, -0.15) is 0 Å². The lowest BCUT2D eigenvalue weighted by Gasteiger charge is -2.28. The normalized spacial score (nSPS) is 24.1. The quantitative estimate of drug-likeness (QED) is 0.662. The molecule has 1 heterocycles. The highest BCUT2D eigenvalue weighted by atomic mass is 16.5. The van der Waals surface area contributed by atoms with Crippen LogP contribution in [0.2, 0.25) is 0 Å². The van der Waals surface area contributed by atoms with Crippen LogP contribution in [-0.2, 0) is 0 Å². The van der Waals surface area contributed by atoms with Crippen LogP contribution in [0.15, 0.2) is 9.52 Å². The first-order chi connectivity index (χ1) is 10.5. The molecule has 0 amide bonds. The Kier molecular flexibility index (Phi) is 5.86. The van der Waals surface area contributed by atoms with Gasteiger partial charge in [0.25, 0.3) is 0 Å². The minimum Gasteiger partial charge on any atom is -0.361 e. The Bertz CT molecular complexity index is 481. The Morgan fingerprint density at radius 2 is 2.00 bits per heavy atom. The zero-order valence-corrected chi connectivity index (χ0v) is 14.6. The number of nitrogens with one attached hydrogen (secondary N) is 2. The Morgan fingerprint density at radius 3 is 2.55 bits per heavy atom. The molecule has 0 aliphatic heterocycles. The van der Waals surface area contributed by atoms with Gasteiger partial charge in [0, 0.05) is 31.1 Å². The molecule has 2 N–H and O–H groups in total. The van der Waals surface area contributed by atoms with Gasteiger partial charge in [0.2, 0.25) is 0 Å². The van der Waals surface area contributed by atoms with E-state index in [4.69, 9.17) is 4.52 Å². The van der Waals surface area contributed by atoms with E-state index in [1.807, 2.05) is 20.9 Å². The summed E-state index contributed by atoms with van der Waals surface area (Å²) in [5.41, 5.74) is 2.19. The number of aromatic nitrogens is 1. The van der Waals surface area contributed by atoms with Gasteiger partial charge < -0.3 is 15.2 Å². The number of aliphatic imine (C=N–C) groups is 1. The summed E-state index contributed by atoms with van der Waals surface area (Å²) >= 11 is 0. The number of rotatable bonds is 4. The van der Waals surface area contributed by atoms with E-state index in [0.717, 1.165) is 29.9 Å². The molecule has 1 atom stereocenters. The van der Waals surface area contributed by atoms with Crippen LogP contribution < -0.4 is 10.6 Å². The molecule has 5 nitrogen and oxygen atoms in total. The lowest BCUT2D eigenvalue weighted by molar-refractivity contribution is 0.329. The molecule has 0 bridgehead atoms. The van der Waals surface area contributed by atoms with E-state index in [9.17, 15) is 0 Å². The molecule has 124 valence electrons. The zero-order chi connectivity index (χ0) is 16.1. The largest absolute Gasteiger partial charge is 0.361 e. The van der Waals surface area contributed by atoms with E-state index in [1.165, 1.54) is 31.2 Å². The van der Waals surface area contributed by atoms with Gasteiger partial charge in [0.1, 0.15) is 5.76 Å². The van der Waals surface area contributed by atoms with Gasteiger partial charge in [0.05, 0.1) is 5.69 Å². The first-order valence-electron chi connectivity index (χ1n) is 8.41. The first-order valence-corrected chi connectivity index (χ1v) is 8.41. The summed E-state index contributed by atoms with van der Waals surface area (Å²) in [5, 5.41) is 11.0. The minimum atomic E-state index is 0.344. The molecule has 1 aliphatic rings. The van der Waals surface area contributed by atoms with Crippen molar-refractivity contribution < 1.29 is 4.52 Å². The third kappa shape index (κ3) is 4.24. The van der Waals surface area contributed by atoms with E-state index in [2.05, 4.69) is 34.6 Å². The van der Waals surface area contributed by atoms with Crippen molar-refractivity contribution >= 4 is 5.96 Å². The molecular formula is C17H30N4O. The molecule has 5 heteroatoms. The molecule has 0 spiro atoms. The second-order valence-electron chi connectivity index (χ2n) is 6.69. The Balaban J connectivity index is 1.84. The van der Waals surface area contributed by atoms with Crippen molar-refractivity contribution in [3.05, 3.63) is 17.0 Å². The van der Waals surface area contributed by atoms with Crippen molar-refractivity contribution in [1.29, 1.82) is 0 Å². The molecule has 2 rings (SSSR count). The number of guanidine groups is 1. The molecule has 1 aliphatic carbocycles. The second kappa shape index (κ2) is 7.65. The van der Waals surface area contributed by atoms with E-state index in [0.29, 0.717) is 12.0 Å². The van der Waals surface area contributed by atoms with Gasteiger partial charge in [-0.3, -0.25) is 4.99 Å². The topological polar surface area (TPSA) is 62.5 Å². The van der Waals surface area contributed by atoms with Crippen LogP contribution in [0, 0.1) is 19.8 Å². The monoisotopic (exact) mass is 306 g/mol. The molecule has 0 aromatic carbocycles. The van der Waals surface area contributed by atoms with Crippen LogP contribution in [0.4, 0.5) is 0 Å². The molecule has 1 unspecified atom stereocenters. The summed E-state index contributed by atoms with van der Waals surface area (Å²) in [6.07, 6.45) is 5.09. The van der Waals surface area contributed by atoms with Crippen LogP contribution in [0.1, 0.15) is 62.5 Å². The predicted molar refractivity (Wildman–Crippen MR) is 90.3 cm³/mol. The lowest BCUT2D eigenvalue weighted by Crippen LogP contribution is -2.45. The summed E-state index contributed by atoms with van der Waals surface area (Å²) in [5.74, 6) is 3.03. The van der Waals surface area contributed by atoms with Gasteiger partial charge in [-0.1, -0.05) is 19.0 Å². The molecular weight excluding hydrogens is 276 g/mol. The zero-order valence-electron chi connectivity index (χ0n) is 14.6. The van der Waals surface area contributed by atoms with Crippen molar-refractivity contribution in [2.24, 2.45) is 10.9 Å². The van der Waals surface area contributed by atoms with Gasteiger partial charge in [0.15, 0.2) is 5.96 Å². The SMILES string of the molecule is CN=C(NCC(C)c1c(C)noc1C)NC1CCC(C)CC1. The fourth-order valence-electron chi connectivity index (χ4n) is 3.34. The van der Waals surface area contributed by atoms with Crippen molar-refractivity contribution in [3.8, 4) is 0 Å². The highest BCUT2D eigenvalue weighted by Gasteiger charge is 2.20. The summed E-state index contributed by atoms with van der Waals surface area (Å²) in [6.45, 7) is 9.33. The highest BCUT2D eigenvalue weighted by Crippen LogP contribution is 2.24. The summed E-state index contributed by atoms with van der Waals surface area (Å²) in [7, 11) is 1.83. The standard InChI is InChI=1S/C17H30N4O/c1-11-6-8-15(9-7-11)20-17(18-5)19-10-12(2)16-13(3)21-22-14(16)4/h11-12,15H,6-10H2,1-5H3,(H2,18,19,20). The number of hydrogen-bond donors (Lipinski definition) is 2. The number of nitrogens with zero attached hydrogens (tertiary/aromatic N) is 2. The van der Waals surface area contributed by atoms with Crippen molar-refractivity contribution in [1.82, 2.24) is 15.8 Å². The van der Waals surface area contributed by atoms with E-state index >= 15 is 0 Å². The lowest BCUT2D eigenvalue weighted by atomic mass is 9.87. The second-order valence-corrected chi connectivity index (χ2v) is 6.69. The Labute approximate surface area is 133 Å². The van der Waals surface area contributed by atoms with Crippen LogP contribution in [0.25, 0.3) is 0 Å². The van der Waals surface area contributed by atoms with Gasteiger partial charge in [-0.15, -0.1) is 0 Å². The summed E-state index contributed by atoms with van der Waals surface area (Å²) in [4.78, 5) is 4.35. The maximum atomic E-state index is 5.26. The molecule has 0 saturated heterocycles. The maximum absolute atomic E-state index is 5.26. The number of aryl methyl sites for hydroxylation is 2. The van der Waals surface area contributed by atoms with Crippen LogP contribution in [-0.4, -0.2) is 30.8 Å². The van der Waals surface area contributed by atoms with Crippen molar-refractivity contribution in [3.63, 3.8) is 0 Å². The van der Waals surface area contributed by atoms with Crippen LogP contribution in [0.3, 0.4) is 0 Å². The highest BCUT2D eigenvalue weighted by molar-refractivity contribution is 5.80. The van der Waals surface area contributed by atoms with Crippen molar-refractivity contribution in [2.45, 2.75) is 65.3 Å². The fraction of sp³-hybridized carbons (Fsp3) is 0.765. The summed E-state index contributed by atoms with van der Waals surface area (Å²) in [6, 6.07) is 0.553. The maximum Gasteiger partial charge on any atom is 0.191 e. The van der Waals surface area contributed by atoms with Crippen molar-refractivity contribution in [2.75, 3.05) is 13.6 Å². The van der Waals surface area contributed by atoms with E-state index in [-0.39, 0.29) is 0 Å². The minimum absolute atomic E-state index is 0.344. The average Bonchev–Trinajstić information content (AvgIpc) is 2.84. The van der Waals surface area contributed by atoms with Gasteiger partial charge in [-0.25, -0.2) is 0 Å². The van der Waals surface area contributed by atoms with E-state index in [1.54, 1.807) is 0 Å². The third-order valence-electron chi connectivity index (χ3n) is 4.74. The van der Waals surface area contributed by atoms with Gasteiger partial charge in [-0.05, 0) is 45.4 Å². The first kappa shape index (κ1) is 16.8. The molecule has 1 aromatic rings. The Morgan fingerprint density at radius 1 is 1.32 bits per heavy atom. The molecule has 0 radical (unpaired) electrons. The van der Waals surface area contributed by atoms with Crippen LogP contribution >= 0.6 is 0 Å². The predicted octanol–water partition coefficient (Wildman–Crippen LogP) is 3.14. The smallest absolute Gasteiger partial charge is 0.191 e. The average molecular weight is 306 g/mol. The summed E-state index contributed by atoms with van der Waals surface area (Å²) < 4.78 is 5.26. The third-order valence-corrected chi connectivity index (χ3v) is 4.74. The molecule has 1 aromatic heterocycles. The molecule has 1 fully saturated rings. The molecule has 1 saturated carbocycles. The fourth-order valence-corrected chi connectivity index (χ4v) is 3.34. The molecule has 22 heavy (non-hydrogen) atoms. The van der Waals surface area contributed by atoms with Crippen LogP contribution in [0.5, 0.6) is 0 Å². The van der Waals surface area contributed by atoms with Gasteiger partial charge >= 0.3 is 0 Å². The number of hydrogen-bond acceptors (Lipinski definition) is 3. The Hall–Kier alpha value is -1.52.